The Balaban J connectivity index is 1.62. The number of hydrogen-bond acceptors (Lipinski definition) is 4. The zero-order valence-corrected chi connectivity index (χ0v) is 25.2. The normalized spacial score (nSPS) is 32.3. The van der Waals surface area contributed by atoms with Crippen LogP contribution >= 0.6 is 29.6 Å². The molecule has 0 radical (unpaired) electrons. The summed E-state index contributed by atoms with van der Waals surface area (Å²) < 4.78 is 17.9. The summed E-state index contributed by atoms with van der Waals surface area (Å²) in [5, 5.41) is 12.0. The molecule has 1 aliphatic carbocycles. The molecule has 1 saturated carbocycles. The molecule has 5 aliphatic heterocycles. The van der Waals surface area contributed by atoms with Gasteiger partial charge in [0.2, 0.25) is 0 Å². The predicted octanol–water partition coefficient (Wildman–Crippen LogP) is 6.21. The van der Waals surface area contributed by atoms with E-state index in [1.807, 2.05) is 6.29 Å². The van der Waals surface area contributed by atoms with Gasteiger partial charge in [-0.3, -0.25) is 0 Å². The van der Waals surface area contributed by atoms with Crippen LogP contribution < -0.4 is 10.2 Å². The van der Waals surface area contributed by atoms with E-state index in [0.29, 0.717) is 12.0 Å². The fourth-order valence-electron chi connectivity index (χ4n) is 7.26. The van der Waals surface area contributed by atoms with Crippen molar-refractivity contribution >= 4 is 55.6 Å². The molecular formula is C28H35ClN3O2PS2. The third-order valence-electron chi connectivity index (χ3n) is 9.25. The largest absolute Gasteiger partial charge is 0.412 e. The number of nitrogens with zero attached hydrogens (tertiary/aromatic N) is 3. The molecule has 2 fully saturated rings. The molecule has 37 heavy (non-hydrogen) atoms. The van der Waals surface area contributed by atoms with E-state index in [9.17, 15) is 5.11 Å². The van der Waals surface area contributed by atoms with Gasteiger partial charge in [-0.1, -0.05) is 41.9 Å². The van der Waals surface area contributed by atoms with Gasteiger partial charge in [0, 0.05) is 35.4 Å². The minimum Gasteiger partial charge on any atom is -0.412 e. The van der Waals surface area contributed by atoms with Gasteiger partial charge in [-0.05, 0) is 70.4 Å². The van der Waals surface area contributed by atoms with Gasteiger partial charge in [0.05, 0.1) is 39.2 Å². The molecule has 198 valence electrons. The standard InChI is InChI=1S/C28H35ClN3O2PS2/c1-17-6-9-31-19-13-28(7-5-8-28)32(14-19)37(34,27(2,3)4)35-16-30-24(26-23(35)12-20(15-33)36-26)22-11-18(29)10-21(17)25(22)31/h10-12,16-17,19,33H,5-9,13-15H2,1-4H3/t17-,19-,37?/m0/s1. The lowest BCUT2D eigenvalue weighted by molar-refractivity contribution is 0.130. The third kappa shape index (κ3) is 3.31. The maximum Gasteiger partial charge on any atom is 0.160 e. The summed E-state index contributed by atoms with van der Waals surface area (Å²) in [6.07, 6.45) is 7.66. The monoisotopic (exact) mass is 575 g/mol. The van der Waals surface area contributed by atoms with Crippen molar-refractivity contribution in [1.82, 2.24) is 4.31 Å². The highest BCUT2D eigenvalue weighted by atomic mass is 35.5. The molecule has 1 saturated heterocycles. The molecule has 6 aliphatic rings. The fraction of sp³-hybridized carbons (Fsp3) is 0.571. The highest BCUT2D eigenvalue weighted by Gasteiger charge is 2.59. The second-order valence-corrected chi connectivity index (χ2v) is 20.6. The number of hydrogen-bond donors (Lipinski definition) is 1. The molecular weight excluding hydrogens is 541 g/mol. The Bertz CT molecular complexity index is 1480. The van der Waals surface area contributed by atoms with E-state index < -0.39 is 20.7 Å². The molecule has 1 aromatic heterocycles. The van der Waals surface area contributed by atoms with E-state index in [1.54, 1.807) is 11.3 Å². The first-order valence-corrected chi connectivity index (χ1v) is 18.2. The fourth-order valence-corrected chi connectivity index (χ4v) is 17.9. The van der Waals surface area contributed by atoms with Crippen molar-refractivity contribution in [3.05, 3.63) is 50.4 Å². The van der Waals surface area contributed by atoms with E-state index in [1.165, 1.54) is 17.7 Å². The van der Waals surface area contributed by atoms with Crippen LogP contribution in [0.3, 0.4) is 0 Å². The number of aliphatic hydroxyl groups is 1. The average molecular weight is 576 g/mol. The van der Waals surface area contributed by atoms with Crippen molar-refractivity contribution in [3.63, 3.8) is 0 Å². The Morgan fingerprint density at radius 2 is 2.16 bits per heavy atom. The van der Waals surface area contributed by atoms with Crippen molar-refractivity contribution < 1.29 is 9.32 Å². The smallest absolute Gasteiger partial charge is 0.160 e. The van der Waals surface area contributed by atoms with Crippen LogP contribution in [-0.2, 0) is 15.9 Å². The summed E-state index contributed by atoms with van der Waals surface area (Å²) >= 11 is 8.39. The first kappa shape index (κ1) is 24.9. The predicted molar refractivity (Wildman–Crippen MR) is 158 cm³/mol. The maximum absolute atomic E-state index is 15.8. The molecule has 4 bridgehead atoms. The molecule has 5 atom stereocenters. The number of rotatable bonds is 1. The van der Waals surface area contributed by atoms with E-state index in [2.05, 4.69) is 55.1 Å². The first-order chi connectivity index (χ1) is 17.6. The topological polar surface area (TPSA) is 56.1 Å². The van der Waals surface area contributed by atoms with Crippen molar-refractivity contribution in [2.24, 2.45) is 4.99 Å². The highest BCUT2D eigenvalue weighted by molar-refractivity contribution is 8.32. The van der Waals surface area contributed by atoms with E-state index in [4.69, 9.17) is 16.6 Å². The third-order valence-corrected chi connectivity index (χ3v) is 19.9. The lowest BCUT2D eigenvalue weighted by Crippen LogP contribution is -2.56. The van der Waals surface area contributed by atoms with Crippen LogP contribution in [0.4, 0.5) is 5.69 Å². The SMILES string of the molecule is C[C@H]1CCN2c3c(cc(Cl)cc31)C1=N[CH-][P+](=S(=O)(C(C)(C)C)N3C[C@@H]2CC32CCC2)c2c[c-](CO)[s+]c21. The summed E-state index contributed by atoms with van der Waals surface area (Å²) in [5.41, 5.74) is 4.61. The van der Waals surface area contributed by atoms with Crippen LogP contribution in [-0.4, -0.2) is 48.7 Å². The van der Waals surface area contributed by atoms with Gasteiger partial charge >= 0.3 is 0 Å². The van der Waals surface area contributed by atoms with Crippen LogP contribution in [0, 0.1) is 6.29 Å². The lowest BCUT2D eigenvalue weighted by atomic mass is 9.75. The minimum atomic E-state index is -2.52. The van der Waals surface area contributed by atoms with Gasteiger partial charge in [0.15, 0.2) is 9.30 Å². The van der Waals surface area contributed by atoms with Crippen LogP contribution in [0.25, 0.3) is 0 Å². The van der Waals surface area contributed by atoms with Crippen LogP contribution in [0.15, 0.2) is 23.2 Å². The number of fused-ring (bicyclic) bond motifs is 1. The number of halogens is 1. The van der Waals surface area contributed by atoms with E-state index in [-0.39, 0.29) is 12.1 Å². The van der Waals surface area contributed by atoms with Crippen LogP contribution in [0.2, 0.25) is 5.02 Å². The second-order valence-electron chi connectivity index (χ2n) is 12.4. The van der Waals surface area contributed by atoms with E-state index in [0.717, 1.165) is 70.1 Å². The van der Waals surface area contributed by atoms with Crippen molar-refractivity contribution in [2.75, 3.05) is 18.0 Å². The number of thiophene rings is 1. The van der Waals surface area contributed by atoms with Crippen molar-refractivity contribution in [2.45, 2.75) is 88.7 Å². The molecule has 1 aromatic carbocycles. The van der Waals surface area contributed by atoms with Crippen molar-refractivity contribution in [1.29, 1.82) is 0 Å². The molecule has 8 rings (SSSR count). The zero-order chi connectivity index (χ0) is 25.9. The summed E-state index contributed by atoms with van der Waals surface area (Å²) in [6, 6.07) is 6.71. The van der Waals surface area contributed by atoms with Crippen LogP contribution in [0.5, 0.6) is 0 Å². The molecule has 9 heteroatoms. The Labute approximate surface area is 230 Å². The van der Waals surface area contributed by atoms with E-state index >= 15 is 4.21 Å². The summed E-state index contributed by atoms with van der Waals surface area (Å²) in [5.74, 6) is 0.420. The number of aliphatic imine (C=N–C) groups is 1. The van der Waals surface area contributed by atoms with Gasteiger partial charge in [0.25, 0.3) is 0 Å². The summed E-state index contributed by atoms with van der Waals surface area (Å²) in [6.45, 7) is 9.42. The van der Waals surface area contributed by atoms with Gasteiger partial charge in [0.1, 0.15) is 11.6 Å². The number of benzene rings is 1. The Morgan fingerprint density at radius 3 is 2.84 bits per heavy atom. The molecule has 2 aromatic rings. The molecule has 5 nitrogen and oxygen atoms in total. The van der Waals surface area contributed by atoms with Gasteiger partial charge in [-0.15, -0.1) is 0 Å². The van der Waals surface area contributed by atoms with Gasteiger partial charge < -0.3 is 15.0 Å². The molecule has 6 heterocycles. The lowest BCUT2D eigenvalue weighted by Gasteiger charge is -2.48. The Morgan fingerprint density at radius 1 is 1.38 bits per heavy atom. The molecule has 0 amide bonds. The molecule has 3 unspecified atom stereocenters. The Kier molecular flexibility index (Phi) is 5.54. The quantitative estimate of drug-likeness (QED) is 0.250. The Hall–Kier alpha value is -1.08. The highest BCUT2D eigenvalue weighted by Crippen LogP contribution is 2.57. The number of anilines is 1. The van der Waals surface area contributed by atoms with Crippen LogP contribution in [0.1, 0.15) is 86.6 Å². The summed E-state index contributed by atoms with van der Waals surface area (Å²) in [7, 11) is -2.52. The zero-order valence-electron chi connectivity index (χ0n) is 22.0. The minimum absolute atomic E-state index is 0.000199. The summed E-state index contributed by atoms with van der Waals surface area (Å²) in [4.78, 5) is 9.78. The average Bonchev–Trinajstić information content (AvgIpc) is 3.44. The molecule has 1 spiro atoms. The van der Waals surface area contributed by atoms with Gasteiger partial charge in [-0.25, -0.2) is 4.21 Å². The first-order valence-electron chi connectivity index (χ1n) is 13.4. The second kappa shape index (κ2) is 8.22. The molecule has 1 N–H and O–H groups in total. The number of aliphatic hydroxyl groups excluding tert-OH is 1. The van der Waals surface area contributed by atoms with Gasteiger partial charge in [-0.2, -0.15) is 4.31 Å². The maximum atomic E-state index is 15.8. The van der Waals surface area contributed by atoms with Crippen molar-refractivity contribution in [3.8, 4) is 0 Å².